The molecule has 0 radical (unpaired) electrons. The van der Waals surface area contributed by atoms with Crippen molar-refractivity contribution in [3.05, 3.63) is 0 Å². The van der Waals surface area contributed by atoms with Gasteiger partial charge >= 0.3 is 0 Å². The third kappa shape index (κ3) is 4.77. The number of nitrogens with one attached hydrogen (secondary N) is 1. The van der Waals surface area contributed by atoms with Gasteiger partial charge in [0.1, 0.15) is 5.78 Å². The predicted octanol–water partition coefficient (Wildman–Crippen LogP) is 2.44. The third-order valence-electron chi connectivity index (χ3n) is 2.91. The van der Waals surface area contributed by atoms with E-state index in [0.717, 1.165) is 25.7 Å². The largest absolute Gasteiger partial charge is 0.351 e. The summed E-state index contributed by atoms with van der Waals surface area (Å²) >= 11 is 0. The lowest BCUT2D eigenvalue weighted by Gasteiger charge is -2.23. The molecule has 0 atom stereocenters. The van der Waals surface area contributed by atoms with Crippen LogP contribution < -0.4 is 5.32 Å². The summed E-state index contributed by atoms with van der Waals surface area (Å²) < 4.78 is 0. The standard InChI is InChI=1S/C13H23NO2/c1-13(2,3)14-12(16)9-11(15)10-7-5-4-6-8-10/h10H,4-9H2,1-3H3,(H,14,16). The van der Waals surface area contributed by atoms with Crippen LogP contribution in [-0.4, -0.2) is 17.2 Å². The highest BCUT2D eigenvalue weighted by molar-refractivity contribution is 5.99. The molecule has 16 heavy (non-hydrogen) atoms. The number of amides is 1. The van der Waals surface area contributed by atoms with Crippen LogP contribution >= 0.6 is 0 Å². The number of ketones is 1. The van der Waals surface area contributed by atoms with Gasteiger partial charge in [-0.15, -0.1) is 0 Å². The zero-order valence-electron chi connectivity index (χ0n) is 10.6. The molecule has 92 valence electrons. The second-order valence-electron chi connectivity index (χ2n) is 5.78. The summed E-state index contributed by atoms with van der Waals surface area (Å²) in [5.41, 5.74) is -0.246. The van der Waals surface area contributed by atoms with E-state index in [0.29, 0.717) is 0 Å². The highest BCUT2D eigenvalue weighted by atomic mass is 16.2. The second kappa shape index (κ2) is 5.46. The average Bonchev–Trinajstić information content (AvgIpc) is 2.16. The Labute approximate surface area is 98.0 Å². The topological polar surface area (TPSA) is 46.2 Å². The molecule has 3 heteroatoms. The van der Waals surface area contributed by atoms with Crippen LogP contribution in [0.5, 0.6) is 0 Å². The van der Waals surface area contributed by atoms with Gasteiger partial charge < -0.3 is 5.32 Å². The summed E-state index contributed by atoms with van der Waals surface area (Å²) in [6.07, 6.45) is 5.51. The molecule has 1 fully saturated rings. The fourth-order valence-electron chi connectivity index (χ4n) is 2.19. The Morgan fingerprint density at radius 1 is 1.12 bits per heavy atom. The lowest BCUT2D eigenvalue weighted by molar-refractivity contribution is -0.131. The molecule has 1 saturated carbocycles. The lowest BCUT2D eigenvalue weighted by Crippen LogP contribution is -2.42. The first-order valence-electron chi connectivity index (χ1n) is 6.22. The Balaban J connectivity index is 2.35. The number of hydrogen-bond acceptors (Lipinski definition) is 2. The maximum atomic E-state index is 11.8. The highest BCUT2D eigenvalue weighted by Gasteiger charge is 2.24. The van der Waals surface area contributed by atoms with Gasteiger partial charge in [-0.2, -0.15) is 0 Å². The van der Waals surface area contributed by atoms with Crippen molar-refractivity contribution in [2.75, 3.05) is 0 Å². The molecule has 0 bridgehead atoms. The third-order valence-corrected chi connectivity index (χ3v) is 2.91. The van der Waals surface area contributed by atoms with Crippen LogP contribution in [0.3, 0.4) is 0 Å². The van der Waals surface area contributed by atoms with E-state index in [9.17, 15) is 9.59 Å². The SMILES string of the molecule is CC(C)(C)NC(=O)CC(=O)C1CCCCC1. The molecule has 0 aliphatic heterocycles. The predicted molar refractivity (Wildman–Crippen MR) is 64.1 cm³/mol. The van der Waals surface area contributed by atoms with Crippen molar-refractivity contribution in [3.8, 4) is 0 Å². The summed E-state index contributed by atoms with van der Waals surface area (Å²) in [7, 11) is 0. The van der Waals surface area contributed by atoms with E-state index in [1.54, 1.807) is 0 Å². The van der Waals surface area contributed by atoms with Crippen LogP contribution in [0.4, 0.5) is 0 Å². The monoisotopic (exact) mass is 225 g/mol. The number of carbonyl (C=O) groups excluding carboxylic acids is 2. The van der Waals surface area contributed by atoms with Crippen molar-refractivity contribution in [2.24, 2.45) is 5.92 Å². The summed E-state index contributed by atoms with van der Waals surface area (Å²) in [5, 5.41) is 2.83. The van der Waals surface area contributed by atoms with E-state index >= 15 is 0 Å². The minimum Gasteiger partial charge on any atom is -0.351 e. The van der Waals surface area contributed by atoms with Gasteiger partial charge in [0.25, 0.3) is 0 Å². The molecule has 1 aliphatic rings. The molecule has 0 aromatic rings. The fraction of sp³-hybridized carbons (Fsp3) is 0.846. The first kappa shape index (κ1) is 13.2. The van der Waals surface area contributed by atoms with Gasteiger partial charge in [0, 0.05) is 11.5 Å². The van der Waals surface area contributed by atoms with Gasteiger partial charge in [0.05, 0.1) is 6.42 Å². The molecule has 0 aromatic carbocycles. The number of Topliss-reactive ketones (excluding diaryl/α,β-unsaturated/α-hetero) is 1. The Kier molecular flexibility index (Phi) is 4.51. The number of carbonyl (C=O) groups is 2. The first-order valence-corrected chi connectivity index (χ1v) is 6.22. The van der Waals surface area contributed by atoms with E-state index < -0.39 is 0 Å². The summed E-state index contributed by atoms with van der Waals surface area (Å²) in [5.74, 6) is 0.129. The lowest BCUT2D eigenvalue weighted by atomic mass is 9.85. The van der Waals surface area contributed by atoms with Gasteiger partial charge in [0.15, 0.2) is 0 Å². The molecule has 0 aromatic heterocycles. The van der Waals surface area contributed by atoms with Crippen LogP contribution in [-0.2, 0) is 9.59 Å². The smallest absolute Gasteiger partial charge is 0.227 e. The molecule has 0 saturated heterocycles. The molecule has 0 spiro atoms. The molecular formula is C13H23NO2. The average molecular weight is 225 g/mol. The molecule has 1 N–H and O–H groups in total. The summed E-state index contributed by atoms with van der Waals surface area (Å²) in [6, 6.07) is 0. The summed E-state index contributed by atoms with van der Waals surface area (Å²) in [4.78, 5) is 23.4. The van der Waals surface area contributed by atoms with Crippen molar-refractivity contribution < 1.29 is 9.59 Å². The van der Waals surface area contributed by atoms with Gasteiger partial charge in [-0.1, -0.05) is 19.3 Å². The highest BCUT2D eigenvalue weighted by Crippen LogP contribution is 2.25. The molecule has 1 aliphatic carbocycles. The van der Waals surface area contributed by atoms with Crippen LogP contribution in [0, 0.1) is 5.92 Å². The molecule has 0 heterocycles. The quantitative estimate of drug-likeness (QED) is 0.750. The molecular weight excluding hydrogens is 202 g/mol. The zero-order chi connectivity index (χ0) is 12.2. The maximum Gasteiger partial charge on any atom is 0.227 e. The maximum absolute atomic E-state index is 11.8. The van der Waals surface area contributed by atoms with E-state index in [1.165, 1.54) is 6.42 Å². The van der Waals surface area contributed by atoms with Gasteiger partial charge in [0.2, 0.25) is 5.91 Å². The van der Waals surface area contributed by atoms with E-state index in [1.807, 2.05) is 20.8 Å². The Hall–Kier alpha value is -0.860. The van der Waals surface area contributed by atoms with Crippen molar-refractivity contribution in [1.29, 1.82) is 0 Å². The summed E-state index contributed by atoms with van der Waals surface area (Å²) in [6.45, 7) is 5.78. The Bertz CT molecular complexity index is 260. The number of rotatable bonds is 3. The van der Waals surface area contributed by atoms with Gasteiger partial charge in [-0.25, -0.2) is 0 Å². The fourth-order valence-corrected chi connectivity index (χ4v) is 2.19. The van der Waals surface area contributed by atoms with Crippen LogP contribution in [0.1, 0.15) is 59.3 Å². The van der Waals surface area contributed by atoms with E-state index in [4.69, 9.17) is 0 Å². The van der Waals surface area contributed by atoms with Crippen LogP contribution in [0.25, 0.3) is 0 Å². The zero-order valence-corrected chi connectivity index (χ0v) is 10.6. The van der Waals surface area contributed by atoms with Gasteiger partial charge in [-0.05, 0) is 33.6 Å². The Morgan fingerprint density at radius 3 is 2.19 bits per heavy atom. The Morgan fingerprint density at radius 2 is 1.69 bits per heavy atom. The van der Waals surface area contributed by atoms with Crippen molar-refractivity contribution >= 4 is 11.7 Å². The number of hydrogen-bond donors (Lipinski definition) is 1. The van der Waals surface area contributed by atoms with E-state index in [2.05, 4.69) is 5.32 Å². The molecule has 3 nitrogen and oxygen atoms in total. The second-order valence-corrected chi connectivity index (χ2v) is 5.78. The molecule has 1 rings (SSSR count). The van der Waals surface area contributed by atoms with E-state index in [-0.39, 0.29) is 29.6 Å². The van der Waals surface area contributed by atoms with Gasteiger partial charge in [-0.3, -0.25) is 9.59 Å². The first-order chi connectivity index (χ1) is 7.38. The van der Waals surface area contributed by atoms with Crippen molar-refractivity contribution in [1.82, 2.24) is 5.32 Å². The minimum atomic E-state index is -0.246. The van der Waals surface area contributed by atoms with Crippen molar-refractivity contribution in [2.45, 2.75) is 64.8 Å². The minimum absolute atomic E-state index is 0.0575. The normalized spacial score (nSPS) is 18.2. The van der Waals surface area contributed by atoms with Crippen LogP contribution in [0.2, 0.25) is 0 Å². The van der Waals surface area contributed by atoms with Crippen LogP contribution in [0.15, 0.2) is 0 Å². The van der Waals surface area contributed by atoms with Crippen molar-refractivity contribution in [3.63, 3.8) is 0 Å². The molecule has 1 amide bonds. The molecule has 0 unspecified atom stereocenters.